The maximum atomic E-state index is 12.1. The Labute approximate surface area is 144 Å². The molecule has 3 nitrogen and oxygen atoms in total. The van der Waals surface area contributed by atoms with Crippen molar-refractivity contribution >= 4 is 61.1 Å². The predicted octanol–water partition coefficient (Wildman–Crippen LogP) is 5.08. The summed E-state index contributed by atoms with van der Waals surface area (Å²) in [6, 6.07) is 12.6. The van der Waals surface area contributed by atoms with Gasteiger partial charge in [0.05, 0.1) is 15.9 Å². The molecule has 0 aliphatic heterocycles. The van der Waals surface area contributed by atoms with E-state index in [1.165, 1.54) is 0 Å². The zero-order chi connectivity index (χ0) is 15.7. The molecule has 0 saturated heterocycles. The van der Waals surface area contributed by atoms with Gasteiger partial charge in [0.25, 0.3) is 5.56 Å². The average Bonchev–Trinajstić information content (AvgIpc) is 2.49. The Kier molecular flexibility index (Phi) is 4.34. The molecule has 1 heterocycles. The van der Waals surface area contributed by atoms with E-state index in [1.54, 1.807) is 24.3 Å². The summed E-state index contributed by atoms with van der Waals surface area (Å²) in [5.41, 5.74) is 1.16. The number of halogens is 3. The summed E-state index contributed by atoms with van der Waals surface area (Å²) >= 11 is 15.6. The highest BCUT2D eigenvalue weighted by Crippen LogP contribution is 2.22. The van der Waals surface area contributed by atoms with E-state index in [4.69, 9.17) is 23.2 Å². The second-order valence-corrected chi connectivity index (χ2v) is 6.38. The number of aromatic nitrogens is 2. The van der Waals surface area contributed by atoms with Crippen molar-refractivity contribution in [2.24, 2.45) is 0 Å². The smallest absolute Gasteiger partial charge is 0.259 e. The first-order valence-corrected chi connectivity index (χ1v) is 7.90. The molecule has 1 aromatic heterocycles. The third-order valence-corrected chi connectivity index (χ3v) is 4.11. The maximum Gasteiger partial charge on any atom is 0.259 e. The maximum absolute atomic E-state index is 12.1. The minimum atomic E-state index is -0.251. The summed E-state index contributed by atoms with van der Waals surface area (Å²) in [5.74, 6) is 0.310. The second kappa shape index (κ2) is 6.24. The summed E-state index contributed by atoms with van der Waals surface area (Å²) < 4.78 is 0.979. The largest absolute Gasteiger partial charge is 0.305 e. The molecule has 0 bridgehead atoms. The molecule has 1 N–H and O–H groups in total. The van der Waals surface area contributed by atoms with E-state index in [0.717, 1.165) is 10.0 Å². The molecule has 110 valence electrons. The van der Waals surface area contributed by atoms with Gasteiger partial charge in [-0.3, -0.25) is 4.79 Å². The molecule has 0 spiro atoms. The predicted molar refractivity (Wildman–Crippen MR) is 95.2 cm³/mol. The average molecular weight is 396 g/mol. The third kappa shape index (κ3) is 3.24. The van der Waals surface area contributed by atoms with Gasteiger partial charge in [-0.1, -0.05) is 51.3 Å². The Bertz CT molecular complexity index is 933. The van der Waals surface area contributed by atoms with Crippen LogP contribution in [0.4, 0.5) is 0 Å². The number of hydrogen-bond acceptors (Lipinski definition) is 2. The normalized spacial score (nSPS) is 11.9. The molecule has 0 atom stereocenters. The van der Waals surface area contributed by atoms with Crippen molar-refractivity contribution < 1.29 is 0 Å². The van der Waals surface area contributed by atoms with Gasteiger partial charge >= 0.3 is 0 Å². The molecule has 2 aromatic carbocycles. The molecule has 0 radical (unpaired) electrons. The summed E-state index contributed by atoms with van der Waals surface area (Å²) in [4.78, 5) is 19.1. The molecular weight excluding hydrogens is 387 g/mol. The molecule has 0 fully saturated rings. The van der Waals surface area contributed by atoms with Crippen LogP contribution in [0.25, 0.3) is 22.0 Å². The van der Waals surface area contributed by atoms with Gasteiger partial charge in [-0.05, 0) is 42.0 Å². The number of fused-ring (bicyclic) bond motifs is 1. The Balaban J connectivity index is 2.09. The van der Waals surface area contributed by atoms with Gasteiger partial charge in [0.15, 0.2) is 5.82 Å². The molecule has 6 heteroatoms. The Morgan fingerprint density at radius 1 is 1.18 bits per heavy atom. The summed E-state index contributed by atoms with van der Waals surface area (Å²) in [6.45, 7) is 0. The van der Waals surface area contributed by atoms with Crippen LogP contribution in [0.2, 0.25) is 5.02 Å². The SMILES string of the molecule is O=c1[nH]c(/C(Cl)=C/c2ccc(Br)cc2)nc2cc(Cl)ccc12. The monoisotopic (exact) mass is 394 g/mol. The van der Waals surface area contributed by atoms with Crippen molar-refractivity contribution in [2.45, 2.75) is 0 Å². The van der Waals surface area contributed by atoms with Gasteiger partial charge < -0.3 is 4.98 Å². The van der Waals surface area contributed by atoms with Gasteiger partial charge in [-0.2, -0.15) is 0 Å². The van der Waals surface area contributed by atoms with Crippen molar-refractivity contribution in [3.63, 3.8) is 0 Å². The fourth-order valence-corrected chi connectivity index (χ4v) is 2.65. The van der Waals surface area contributed by atoms with Crippen LogP contribution >= 0.6 is 39.1 Å². The number of rotatable bonds is 2. The molecule has 0 amide bonds. The lowest BCUT2D eigenvalue weighted by Gasteiger charge is -2.03. The fourth-order valence-electron chi connectivity index (χ4n) is 2.00. The molecule has 0 aliphatic carbocycles. The number of nitrogens with one attached hydrogen (secondary N) is 1. The number of hydrogen-bond donors (Lipinski definition) is 1. The first-order chi connectivity index (χ1) is 10.5. The van der Waals surface area contributed by atoms with Crippen LogP contribution in [0, 0.1) is 0 Å². The van der Waals surface area contributed by atoms with E-state index in [-0.39, 0.29) is 5.56 Å². The highest BCUT2D eigenvalue weighted by atomic mass is 79.9. The summed E-state index contributed by atoms with van der Waals surface area (Å²) in [6.07, 6.45) is 1.74. The van der Waals surface area contributed by atoms with Crippen LogP contribution in [-0.4, -0.2) is 9.97 Å². The van der Waals surface area contributed by atoms with Crippen LogP contribution in [0.15, 0.2) is 51.7 Å². The van der Waals surface area contributed by atoms with Crippen molar-refractivity contribution in [3.8, 4) is 0 Å². The van der Waals surface area contributed by atoms with Gasteiger partial charge in [-0.25, -0.2) is 4.98 Å². The minimum absolute atomic E-state index is 0.251. The van der Waals surface area contributed by atoms with Gasteiger partial charge in [0.1, 0.15) is 0 Å². The Morgan fingerprint density at radius 3 is 2.64 bits per heavy atom. The molecule has 22 heavy (non-hydrogen) atoms. The summed E-state index contributed by atoms with van der Waals surface area (Å²) in [7, 11) is 0. The molecule has 3 aromatic rings. The number of nitrogens with zero attached hydrogens (tertiary/aromatic N) is 1. The Hall–Kier alpha value is -1.62. The van der Waals surface area contributed by atoms with Crippen molar-refractivity contribution in [1.82, 2.24) is 9.97 Å². The highest BCUT2D eigenvalue weighted by Gasteiger charge is 2.07. The van der Waals surface area contributed by atoms with Crippen molar-refractivity contribution in [2.75, 3.05) is 0 Å². The molecule has 0 saturated carbocycles. The molecule has 3 rings (SSSR count). The van der Waals surface area contributed by atoms with Crippen molar-refractivity contribution in [1.29, 1.82) is 0 Å². The van der Waals surface area contributed by atoms with Gasteiger partial charge in [-0.15, -0.1) is 0 Å². The lowest BCUT2D eigenvalue weighted by molar-refractivity contribution is 1.14. The summed E-state index contributed by atoms with van der Waals surface area (Å²) in [5, 5.41) is 1.34. The van der Waals surface area contributed by atoms with E-state index in [0.29, 0.717) is 26.8 Å². The van der Waals surface area contributed by atoms with Gasteiger partial charge in [0.2, 0.25) is 0 Å². The highest BCUT2D eigenvalue weighted by molar-refractivity contribution is 9.10. The number of aromatic amines is 1. The molecule has 0 unspecified atom stereocenters. The van der Waals surface area contributed by atoms with Gasteiger partial charge in [0, 0.05) is 9.50 Å². The standard InChI is InChI=1S/C16H9BrCl2N2O/c17-10-3-1-9(2-4-10)7-13(19)15-20-14-8-11(18)5-6-12(14)16(22)21-15/h1-8H,(H,20,21,22)/b13-7-. The zero-order valence-corrected chi connectivity index (χ0v) is 14.2. The van der Waals surface area contributed by atoms with Crippen LogP contribution in [-0.2, 0) is 0 Å². The van der Waals surface area contributed by atoms with E-state index in [9.17, 15) is 4.79 Å². The molecular formula is C16H9BrCl2N2O. The fraction of sp³-hybridized carbons (Fsp3) is 0. The first-order valence-electron chi connectivity index (χ1n) is 6.36. The first kappa shape index (κ1) is 15.3. The second-order valence-electron chi connectivity index (χ2n) is 4.62. The van der Waals surface area contributed by atoms with Crippen LogP contribution in [0.1, 0.15) is 11.4 Å². The van der Waals surface area contributed by atoms with Crippen LogP contribution < -0.4 is 5.56 Å². The van der Waals surface area contributed by atoms with Crippen LogP contribution in [0.5, 0.6) is 0 Å². The topological polar surface area (TPSA) is 45.8 Å². The van der Waals surface area contributed by atoms with E-state index < -0.39 is 0 Å². The number of H-pyrrole nitrogens is 1. The lowest BCUT2D eigenvalue weighted by atomic mass is 10.2. The van der Waals surface area contributed by atoms with E-state index in [1.807, 2.05) is 24.3 Å². The van der Waals surface area contributed by atoms with Crippen molar-refractivity contribution in [3.05, 3.63) is 73.7 Å². The zero-order valence-electron chi connectivity index (χ0n) is 11.1. The van der Waals surface area contributed by atoms with E-state index >= 15 is 0 Å². The Morgan fingerprint density at radius 2 is 1.91 bits per heavy atom. The quantitative estimate of drug-likeness (QED) is 0.657. The van der Waals surface area contributed by atoms with Crippen LogP contribution in [0.3, 0.4) is 0 Å². The number of benzene rings is 2. The minimum Gasteiger partial charge on any atom is -0.305 e. The molecule has 0 aliphatic rings. The lowest BCUT2D eigenvalue weighted by Crippen LogP contribution is -2.10. The third-order valence-electron chi connectivity index (χ3n) is 3.06. The van der Waals surface area contributed by atoms with E-state index in [2.05, 4.69) is 25.9 Å².